The Kier molecular flexibility index (Phi) is 5.19. The Bertz CT molecular complexity index is 1330. The van der Waals surface area contributed by atoms with Crippen LogP contribution in [-0.4, -0.2) is 23.4 Å². The van der Waals surface area contributed by atoms with E-state index in [0.717, 1.165) is 27.1 Å². The van der Waals surface area contributed by atoms with Crippen molar-refractivity contribution in [2.24, 2.45) is 0 Å². The zero-order valence-corrected chi connectivity index (χ0v) is 16.1. The van der Waals surface area contributed by atoms with E-state index < -0.39 is 5.97 Å². The van der Waals surface area contributed by atoms with Gasteiger partial charge in [0.1, 0.15) is 0 Å². The molecule has 142 valence electrons. The summed E-state index contributed by atoms with van der Waals surface area (Å²) in [4.78, 5) is 17.5. The van der Waals surface area contributed by atoms with E-state index in [0.29, 0.717) is 22.7 Å². The Morgan fingerprint density at radius 3 is 2.55 bits per heavy atom. The van der Waals surface area contributed by atoms with Crippen molar-refractivity contribution in [3.63, 3.8) is 0 Å². The van der Waals surface area contributed by atoms with Crippen LogP contribution in [-0.2, 0) is 11.2 Å². The third-order valence-corrected chi connectivity index (χ3v) is 4.89. The quantitative estimate of drug-likeness (QED) is 0.517. The zero-order valence-electron chi connectivity index (χ0n) is 16.1. The zero-order chi connectivity index (χ0) is 20.2. The van der Waals surface area contributed by atoms with Crippen LogP contribution in [0.25, 0.3) is 17.6 Å². The number of esters is 1. The molecule has 1 aliphatic carbocycles. The minimum atomic E-state index is -0.420. The molecule has 0 fully saturated rings. The largest absolute Gasteiger partial charge is 0.763 e. The van der Waals surface area contributed by atoms with Gasteiger partial charge in [0.15, 0.2) is 5.69 Å². The van der Waals surface area contributed by atoms with Crippen LogP contribution in [0.4, 0.5) is 0 Å². The van der Waals surface area contributed by atoms with E-state index in [-0.39, 0.29) is 6.61 Å². The molecule has 0 N–H and O–H groups in total. The molecule has 1 aliphatic rings. The van der Waals surface area contributed by atoms with Crippen molar-refractivity contribution >= 4 is 24.0 Å². The number of carbonyl (C=O) groups excluding carboxylic acids is 1. The van der Waals surface area contributed by atoms with Gasteiger partial charge in [-0.1, -0.05) is 60.7 Å². The SMILES string of the molecule is CCOC(=O)c1nc(=c2ccc(=C=[N-])cc2)c2c(c1Cc1ccccc1)C=CC=2. The Morgan fingerprint density at radius 2 is 1.86 bits per heavy atom. The van der Waals surface area contributed by atoms with Gasteiger partial charge in [-0.05, 0) is 41.0 Å². The van der Waals surface area contributed by atoms with Crippen LogP contribution < -0.4 is 10.4 Å². The van der Waals surface area contributed by atoms with E-state index in [2.05, 4.69) is 5.87 Å². The summed E-state index contributed by atoms with van der Waals surface area (Å²) in [5.41, 5.74) is 3.31. The monoisotopic (exact) mass is 379 g/mol. The number of hydrogen-bond donors (Lipinski definition) is 0. The molecule has 0 saturated carbocycles. The molecule has 2 aromatic carbocycles. The number of carbonyl (C=O) groups is 1. The van der Waals surface area contributed by atoms with Crippen molar-refractivity contribution in [1.29, 1.82) is 0 Å². The van der Waals surface area contributed by atoms with Crippen molar-refractivity contribution < 1.29 is 9.53 Å². The van der Waals surface area contributed by atoms with Gasteiger partial charge < -0.3 is 10.1 Å². The second-order valence-corrected chi connectivity index (χ2v) is 6.71. The maximum absolute atomic E-state index is 12.8. The number of pyridine rings is 1. The highest BCUT2D eigenvalue weighted by molar-refractivity contribution is 5.91. The molecule has 4 nitrogen and oxygen atoms in total. The first kappa shape index (κ1) is 18.6. The lowest BCUT2D eigenvalue weighted by molar-refractivity contribution is 0.0518. The fourth-order valence-corrected chi connectivity index (χ4v) is 3.53. The third-order valence-electron chi connectivity index (χ3n) is 4.89. The summed E-state index contributed by atoms with van der Waals surface area (Å²) >= 11 is 0. The van der Waals surface area contributed by atoms with Gasteiger partial charge in [-0.3, -0.25) is 5.87 Å². The first-order chi connectivity index (χ1) is 14.2. The molecule has 0 saturated heterocycles. The molecular formula is C25H19N2O2-. The van der Waals surface area contributed by atoms with Gasteiger partial charge in [0.05, 0.1) is 12.0 Å². The molecule has 1 aromatic heterocycles. The van der Waals surface area contributed by atoms with Gasteiger partial charge in [0.2, 0.25) is 0 Å². The fourth-order valence-electron chi connectivity index (χ4n) is 3.53. The summed E-state index contributed by atoms with van der Waals surface area (Å²) in [5, 5.41) is 12.2. The van der Waals surface area contributed by atoms with Crippen LogP contribution >= 0.6 is 0 Å². The van der Waals surface area contributed by atoms with E-state index in [1.54, 1.807) is 19.1 Å². The molecule has 0 bridgehead atoms. The van der Waals surface area contributed by atoms with Gasteiger partial charge >= 0.3 is 5.97 Å². The number of benzene rings is 2. The number of fused-ring (bicyclic) bond motifs is 1. The molecule has 4 heteroatoms. The van der Waals surface area contributed by atoms with Crippen LogP contribution in [0.15, 0.2) is 60.7 Å². The molecule has 0 aliphatic heterocycles. The topological polar surface area (TPSA) is 61.5 Å². The number of rotatable bonds is 4. The number of aromatic nitrogens is 1. The van der Waals surface area contributed by atoms with Crippen molar-refractivity contribution in [3.05, 3.63) is 109 Å². The lowest BCUT2D eigenvalue weighted by Gasteiger charge is -2.12. The summed E-state index contributed by atoms with van der Waals surface area (Å²) in [6.07, 6.45) is 6.60. The molecule has 1 heterocycles. The van der Waals surface area contributed by atoms with Gasteiger partial charge in [0, 0.05) is 16.9 Å². The first-order valence-corrected chi connectivity index (χ1v) is 9.51. The van der Waals surface area contributed by atoms with Crippen LogP contribution in [0.5, 0.6) is 0 Å². The Labute approximate surface area is 168 Å². The normalized spacial score (nSPS) is 11.5. The Balaban J connectivity index is 2.04. The minimum Gasteiger partial charge on any atom is -0.763 e. The lowest BCUT2D eigenvalue weighted by atomic mass is 9.97. The van der Waals surface area contributed by atoms with Crippen LogP contribution in [0, 0.1) is 10.6 Å². The predicted molar refractivity (Wildman–Crippen MR) is 114 cm³/mol. The molecule has 0 spiro atoms. The number of hydrogen-bond acceptors (Lipinski definition) is 3. The van der Waals surface area contributed by atoms with E-state index in [4.69, 9.17) is 15.1 Å². The second-order valence-electron chi connectivity index (χ2n) is 6.71. The maximum Gasteiger partial charge on any atom is 0.357 e. The highest BCUT2D eigenvalue weighted by atomic mass is 16.5. The van der Waals surface area contributed by atoms with Crippen molar-refractivity contribution in [3.8, 4) is 0 Å². The molecular weight excluding hydrogens is 360 g/mol. The van der Waals surface area contributed by atoms with E-state index in [1.165, 1.54) is 0 Å². The van der Waals surface area contributed by atoms with Crippen molar-refractivity contribution in [1.82, 2.24) is 4.98 Å². The molecule has 0 radical (unpaired) electrons. The fraction of sp³-hybridized carbons (Fsp3) is 0.120. The third kappa shape index (κ3) is 3.66. The lowest BCUT2D eigenvalue weighted by Crippen LogP contribution is -2.20. The Morgan fingerprint density at radius 1 is 1.10 bits per heavy atom. The van der Waals surface area contributed by atoms with E-state index in [1.807, 2.05) is 60.7 Å². The summed E-state index contributed by atoms with van der Waals surface area (Å²) < 4.78 is 5.31. The Hall–Kier alpha value is -3.75. The van der Waals surface area contributed by atoms with Gasteiger partial charge in [-0.2, -0.15) is 0 Å². The smallest absolute Gasteiger partial charge is 0.357 e. The van der Waals surface area contributed by atoms with Crippen molar-refractivity contribution in [2.75, 3.05) is 6.61 Å². The number of ether oxygens (including phenoxy) is 1. The standard InChI is InChI=1S/C25H19N2O2/c1-2-29-25(28)24-22(15-17-7-4-3-5-8-17)20-9-6-10-21(20)23(27-24)19-13-11-18(16-26)12-14-19/h3-14H,2,15H2,1H3/q-1. The van der Waals surface area contributed by atoms with Gasteiger partial charge in [0.25, 0.3) is 0 Å². The molecule has 3 aromatic rings. The summed E-state index contributed by atoms with van der Waals surface area (Å²) in [6.45, 7) is 2.08. The highest BCUT2D eigenvalue weighted by Gasteiger charge is 2.20. The molecule has 29 heavy (non-hydrogen) atoms. The average Bonchev–Trinajstić information content (AvgIpc) is 3.25. The van der Waals surface area contributed by atoms with Crippen LogP contribution in [0.2, 0.25) is 0 Å². The predicted octanol–water partition coefficient (Wildman–Crippen LogP) is 2.85. The van der Waals surface area contributed by atoms with Gasteiger partial charge in [-0.25, -0.2) is 9.78 Å². The first-order valence-electron chi connectivity index (χ1n) is 9.51. The second kappa shape index (κ2) is 8.09. The minimum absolute atomic E-state index is 0.288. The molecule has 0 unspecified atom stereocenters. The summed E-state index contributed by atoms with van der Waals surface area (Å²) in [5.74, 6) is 1.71. The van der Waals surface area contributed by atoms with Crippen molar-refractivity contribution in [2.45, 2.75) is 13.3 Å². The highest BCUT2D eigenvalue weighted by Crippen LogP contribution is 2.20. The summed E-state index contributed by atoms with van der Waals surface area (Å²) in [6, 6.07) is 17.3. The number of allylic oxidation sites excluding steroid dienone is 1. The molecule has 0 atom stereocenters. The van der Waals surface area contributed by atoms with Crippen LogP contribution in [0.3, 0.4) is 0 Å². The summed E-state index contributed by atoms with van der Waals surface area (Å²) in [7, 11) is 0. The maximum atomic E-state index is 12.8. The molecule has 4 rings (SSSR count). The molecule has 0 amide bonds. The van der Waals surface area contributed by atoms with Gasteiger partial charge in [-0.15, -0.1) is 0 Å². The average molecular weight is 379 g/mol. The van der Waals surface area contributed by atoms with Crippen LogP contribution in [0.1, 0.15) is 34.1 Å². The van der Waals surface area contributed by atoms with E-state index in [9.17, 15) is 4.79 Å². The van der Waals surface area contributed by atoms with E-state index >= 15 is 0 Å². The number of nitrogens with zero attached hydrogens (tertiary/aromatic N) is 2.